The molecule has 0 aliphatic carbocycles. The first-order chi connectivity index (χ1) is 5.52. The highest BCUT2D eigenvalue weighted by atomic mass is 79.9. The Balaban J connectivity index is 3.23. The van der Waals surface area contributed by atoms with Crippen LogP contribution in [0.4, 0.5) is 0 Å². The molecule has 0 radical (unpaired) electrons. The Morgan fingerprint density at radius 1 is 1.42 bits per heavy atom. The molecule has 1 N–H and O–H groups in total. The van der Waals surface area contributed by atoms with Gasteiger partial charge in [0.05, 0.1) is 5.02 Å². The van der Waals surface area contributed by atoms with Crippen molar-refractivity contribution in [3.8, 4) is 5.75 Å². The zero-order chi connectivity index (χ0) is 9.30. The van der Waals surface area contributed by atoms with Crippen LogP contribution >= 0.6 is 27.5 Å². The fourth-order valence-corrected chi connectivity index (χ4v) is 2.09. The Bertz CT molecular complexity index is 297. The average molecular weight is 250 g/mol. The Labute approximate surface area is 85.5 Å². The first kappa shape index (κ1) is 9.87. The van der Waals surface area contributed by atoms with Gasteiger partial charge in [-0.2, -0.15) is 0 Å². The van der Waals surface area contributed by atoms with Gasteiger partial charge in [-0.05, 0) is 23.6 Å². The van der Waals surface area contributed by atoms with Gasteiger partial charge in [-0.15, -0.1) is 0 Å². The summed E-state index contributed by atoms with van der Waals surface area (Å²) in [7, 11) is 0. The molecule has 3 heteroatoms. The monoisotopic (exact) mass is 248 g/mol. The third-order valence-corrected chi connectivity index (χ3v) is 2.68. The maximum Gasteiger partial charge on any atom is 0.134 e. The van der Waals surface area contributed by atoms with Crippen molar-refractivity contribution in [1.82, 2.24) is 0 Å². The van der Waals surface area contributed by atoms with Crippen LogP contribution < -0.4 is 0 Å². The van der Waals surface area contributed by atoms with Gasteiger partial charge in [-0.3, -0.25) is 0 Å². The largest absolute Gasteiger partial charge is 0.506 e. The molecule has 0 aromatic heterocycles. The van der Waals surface area contributed by atoms with Gasteiger partial charge in [0.2, 0.25) is 0 Å². The Morgan fingerprint density at radius 2 is 2.00 bits per heavy atom. The zero-order valence-corrected chi connectivity index (χ0v) is 9.28. The lowest BCUT2D eigenvalue weighted by Crippen LogP contribution is -1.88. The maximum atomic E-state index is 9.32. The molecule has 1 aromatic carbocycles. The first-order valence-electron chi connectivity index (χ1n) is 3.70. The molecule has 0 aliphatic rings. The normalized spacial score (nSPS) is 10.8. The fourth-order valence-electron chi connectivity index (χ4n) is 0.996. The number of halogens is 2. The van der Waals surface area contributed by atoms with Crippen molar-refractivity contribution in [2.45, 2.75) is 19.8 Å². The van der Waals surface area contributed by atoms with Crippen LogP contribution in [0.25, 0.3) is 0 Å². The summed E-state index contributed by atoms with van der Waals surface area (Å²) >= 11 is 9.10. The molecule has 0 aliphatic heterocycles. The van der Waals surface area contributed by atoms with E-state index in [9.17, 15) is 5.11 Å². The quantitative estimate of drug-likeness (QED) is 0.799. The van der Waals surface area contributed by atoms with Gasteiger partial charge < -0.3 is 5.11 Å². The third kappa shape index (κ3) is 1.93. The summed E-state index contributed by atoms with van der Waals surface area (Å²) in [5.41, 5.74) is 1.07. The number of phenols is 1. The molecule has 1 rings (SSSR count). The Kier molecular flexibility index (Phi) is 3.02. The average Bonchev–Trinajstić information content (AvgIpc) is 1.96. The van der Waals surface area contributed by atoms with Gasteiger partial charge >= 0.3 is 0 Å². The van der Waals surface area contributed by atoms with E-state index in [4.69, 9.17) is 11.6 Å². The summed E-state index contributed by atoms with van der Waals surface area (Å²) < 4.78 is 0.945. The molecule has 66 valence electrons. The standard InChI is InChI=1S/C9H10BrClO/c1-5(2)6-3-9(12)8(11)4-7(6)10/h3-5,12H,1-2H3. The SMILES string of the molecule is CC(C)c1cc(O)c(Cl)cc1Br. The number of hydrogen-bond acceptors (Lipinski definition) is 1. The van der Waals surface area contributed by atoms with Gasteiger partial charge in [0, 0.05) is 4.47 Å². The summed E-state index contributed by atoms with van der Waals surface area (Å²) in [5, 5.41) is 9.70. The van der Waals surface area contributed by atoms with E-state index in [0.29, 0.717) is 10.9 Å². The number of aromatic hydroxyl groups is 1. The second kappa shape index (κ2) is 3.67. The number of hydrogen-bond donors (Lipinski definition) is 1. The predicted molar refractivity (Wildman–Crippen MR) is 54.9 cm³/mol. The smallest absolute Gasteiger partial charge is 0.134 e. The third-order valence-electron chi connectivity index (χ3n) is 1.69. The minimum atomic E-state index is 0.142. The molecule has 0 spiro atoms. The molecule has 1 aromatic rings. The molecular formula is C9H10BrClO. The molecule has 12 heavy (non-hydrogen) atoms. The van der Waals surface area contributed by atoms with Gasteiger partial charge in [-0.25, -0.2) is 0 Å². The molecule has 0 heterocycles. The van der Waals surface area contributed by atoms with Crippen molar-refractivity contribution < 1.29 is 5.11 Å². The van der Waals surface area contributed by atoms with E-state index in [-0.39, 0.29) is 5.75 Å². The van der Waals surface area contributed by atoms with Crippen LogP contribution in [0.1, 0.15) is 25.3 Å². The molecular weight excluding hydrogens is 239 g/mol. The van der Waals surface area contributed by atoms with Crippen LogP contribution in [0.5, 0.6) is 5.75 Å². The van der Waals surface area contributed by atoms with E-state index in [0.717, 1.165) is 10.0 Å². The molecule has 0 saturated carbocycles. The molecule has 0 amide bonds. The maximum absolute atomic E-state index is 9.32. The lowest BCUT2D eigenvalue weighted by atomic mass is 10.0. The second-order valence-electron chi connectivity index (χ2n) is 2.98. The van der Waals surface area contributed by atoms with Crippen molar-refractivity contribution in [2.24, 2.45) is 0 Å². The van der Waals surface area contributed by atoms with Crippen molar-refractivity contribution in [3.05, 3.63) is 27.2 Å². The van der Waals surface area contributed by atoms with Crippen LogP contribution in [0.3, 0.4) is 0 Å². The van der Waals surface area contributed by atoms with Crippen LogP contribution in [0.15, 0.2) is 16.6 Å². The van der Waals surface area contributed by atoms with E-state index in [1.54, 1.807) is 12.1 Å². The van der Waals surface area contributed by atoms with Gasteiger partial charge in [-0.1, -0.05) is 41.4 Å². The zero-order valence-electron chi connectivity index (χ0n) is 6.94. The minimum Gasteiger partial charge on any atom is -0.506 e. The van der Waals surface area contributed by atoms with Gasteiger partial charge in [0.1, 0.15) is 5.75 Å². The highest BCUT2D eigenvalue weighted by molar-refractivity contribution is 9.10. The molecule has 0 unspecified atom stereocenters. The van der Waals surface area contributed by atoms with E-state index in [2.05, 4.69) is 29.8 Å². The van der Waals surface area contributed by atoms with Crippen molar-refractivity contribution in [2.75, 3.05) is 0 Å². The highest BCUT2D eigenvalue weighted by Gasteiger charge is 2.08. The van der Waals surface area contributed by atoms with Crippen LogP contribution in [0, 0.1) is 0 Å². The highest BCUT2D eigenvalue weighted by Crippen LogP contribution is 2.33. The summed E-state index contributed by atoms with van der Waals surface area (Å²) in [6, 6.07) is 3.41. The molecule has 1 nitrogen and oxygen atoms in total. The van der Waals surface area contributed by atoms with Crippen LogP contribution in [0.2, 0.25) is 5.02 Å². The molecule has 0 saturated heterocycles. The summed E-state index contributed by atoms with van der Waals surface area (Å²) in [6.45, 7) is 4.13. The fraction of sp³-hybridized carbons (Fsp3) is 0.333. The van der Waals surface area contributed by atoms with E-state index in [1.165, 1.54) is 0 Å². The van der Waals surface area contributed by atoms with Gasteiger partial charge in [0.25, 0.3) is 0 Å². The van der Waals surface area contributed by atoms with Gasteiger partial charge in [0.15, 0.2) is 0 Å². The van der Waals surface area contributed by atoms with E-state index in [1.807, 2.05) is 0 Å². The van der Waals surface area contributed by atoms with E-state index >= 15 is 0 Å². The van der Waals surface area contributed by atoms with Crippen molar-refractivity contribution in [3.63, 3.8) is 0 Å². The van der Waals surface area contributed by atoms with E-state index < -0.39 is 0 Å². The molecule has 0 fully saturated rings. The van der Waals surface area contributed by atoms with Crippen LogP contribution in [-0.2, 0) is 0 Å². The molecule has 0 bridgehead atoms. The lowest BCUT2D eigenvalue weighted by Gasteiger charge is -2.09. The summed E-state index contributed by atoms with van der Waals surface area (Å²) in [6.07, 6.45) is 0. The second-order valence-corrected chi connectivity index (χ2v) is 4.24. The Hall–Kier alpha value is -0.210. The van der Waals surface area contributed by atoms with Crippen molar-refractivity contribution >= 4 is 27.5 Å². The topological polar surface area (TPSA) is 20.2 Å². The van der Waals surface area contributed by atoms with Crippen molar-refractivity contribution in [1.29, 1.82) is 0 Å². The van der Waals surface area contributed by atoms with Crippen LogP contribution in [-0.4, -0.2) is 5.11 Å². The Morgan fingerprint density at radius 3 is 2.50 bits per heavy atom. The first-order valence-corrected chi connectivity index (χ1v) is 4.87. The lowest BCUT2D eigenvalue weighted by molar-refractivity contribution is 0.474. The summed E-state index contributed by atoms with van der Waals surface area (Å²) in [4.78, 5) is 0. The predicted octanol–water partition coefficient (Wildman–Crippen LogP) is 3.93. The minimum absolute atomic E-state index is 0.142. The number of rotatable bonds is 1. The summed E-state index contributed by atoms with van der Waals surface area (Å²) in [5.74, 6) is 0.520. The molecule has 0 atom stereocenters. The number of phenolic OH excluding ortho intramolecular Hbond substituents is 1. The number of benzene rings is 1.